The van der Waals surface area contributed by atoms with Gasteiger partial charge in [0.2, 0.25) is 11.9 Å². The number of primary amides is 1. The van der Waals surface area contributed by atoms with E-state index in [-0.39, 0.29) is 0 Å². The van der Waals surface area contributed by atoms with Gasteiger partial charge < -0.3 is 30.0 Å². The number of aromatic nitrogens is 3. The number of nitrogens with zero attached hydrogens (tertiary/aromatic N) is 3. The molecule has 10 heteroatoms. The van der Waals surface area contributed by atoms with E-state index >= 15 is 0 Å². The minimum absolute atomic E-state index is 0.345. The van der Waals surface area contributed by atoms with Crippen molar-refractivity contribution in [1.82, 2.24) is 14.8 Å². The van der Waals surface area contributed by atoms with Crippen LogP contribution in [0.3, 0.4) is 0 Å². The van der Waals surface area contributed by atoms with Crippen molar-refractivity contribution in [3.8, 4) is 34.4 Å². The summed E-state index contributed by atoms with van der Waals surface area (Å²) in [5, 5.41) is 7.85. The Kier molecular flexibility index (Phi) is 5.82. The van der Waals surface area contributed by atoms with Gasteiger partial charge in [-0.25, -0.2) is 4.68 Å². The molecule has 0 unspecified atom stereocenters. The Morgan fingerprint density at radius 2 is 1.67 bits per heavy atom. The lowest BCUT2D eigenvalue weighted by Crippen LogP contribution is -2.32. The summed E-state index contributed by atoms with van der Waals surface area (Å²) in [6.07, 6.45) is 0. The maximum absolute atomic E-state index is 12.5. The van der Waals surface area contributed by atoms with Gasteiger partial charge in [-0.3, -0.25) is 4.79 Å². The maximum Gasteiger partial charge on any atom is 0.248 e. The fourth-order valence-electron chi connectivity index (χ4n) is 3.91. The number of hydrogen-bond donors (Lipinski definition) is 2. The molecule has 0 fully saturated rings. The van der Waals surface area contributed by atoms with E-state index < -0.39 is 11.9 Å². The van der Waals surface area contributed by atoms with Crippen LogP contribution in [-0.2, 0) is 4.79 Å². The maximum atomic E-state index is 12.5. The fraction of sp³-hybridized carbons (Fsp3) is 0.261. The van der Waals surface area contributed by atoms with Crippen LogP contribution in [0.25, 0.3) is 11.4 Å². The zero-order valence-corrected chi connectivity index (χ0v) is 19.0. The van der Waals surface area contributed by atoms with Gasteiger partial charge in [-0.1, -0.05) is 0 Å². The minimum atomic E-state index is -0.676. The van der Waals surface area contributed by atoms with E-state index in [0.29, 0.717) is 57.2 Å². The fourth-order valence-corrected chi connectivity index (χ4v) is 3.91. The Labute approximate surface area is 190 Å². The van der Waals surface area contributed by atoms with E-state index in [2.05, 4.69) is 10.3 Å². The van der Waals surface area contributed by atoms with Gasteiger partial charge in [-0.05, 0) is 43.3 Å². The number of rotatable bonds is 7. The Balaban J connectivity index is 1.91. The summed E-state index contributed by atoms with van der Waals surface area (Å²) in [5.74, 6) is 2.62. The second kappa shape index (κ2) is 8.73. The average molecular weight is 451 g/mol. The van der Waals surface area contributed by atoms with Crippen LogP contribution in [0.1, 0.15) is 18.5 Å². The van der Waals surface area contributed by atoms with Crippen LogP contribution >= 0.6 is 0 Å². The molecule has 3 aromatic rings. The third-order valence-electron chi connectivity index (χ3n) is 5.49. The van der Waals surface area contributed by atoms with Crippen LogP contribution in [0.5, 0.6) is 23.0 Å². The Bertz CT molecular complexity index is 1250. The summed E-state index contributed by atoms with van der Waals surface area (Å²) in [4.78, 5) is 17.2. The van der Waals surface area contributed by atoms with Gasteiger partial charge in [0, 0.05) is 16.8 Å². The molecular formula is C23H25N5O5. The molecule has 10 nitrogen and oxygen atoms in total. The lowest BCUT2D eigenvalue weighted by atomic mass is 9.94. The molecule has 4 rings (SSSR count). The molecule has 0 spiro atoms. The molecule has 3 N–H and O–H groups in total. The molecular weight excluding hydrogens is 426 g/mol. The first-order valence-corrected chi connectivity index (χ1v) is 10.1. The SMILES string of the molecule is COc1ccc(OC)c([C@@H]2C(C(N)=O)=C(C)Nc3nc(-c4ccc(OC)c(OC)c4)nn32)c1. The number of carbonyl (C=O) groups excluding carboxylic acids is 1. The summed E-state index contributed by atoms with van der Waals surface area (Å²) < 4.78 is 23.3. The molecule has 0 saturated carbocycles. The van der Waals surface area contributed by atoms with Gasteiger partial charge in [0.1, 0.15) is 17.5 Å². The quantitative estimate of drug-likeness (QED) is 0.562. The third-order valence-corrected chi connectivity index (χ3v) is 5.49. The standard InChI is InChI=1S/C23H25N5O5/c1-12-19(21(24)29)20(15-11-14(30-2)7-9-16(15)31-3)28-23(25-12)26-22(27-28)13-6-8-17(32-4)18(10-13)33-5/h6-11,20H,1-5H3,(H2,24,29)(H,25,26,27)/t20-/m1/s1. The normalized spacial score (nSPS) is 14.9. The summed E-state index contributed by atoms with van der Waals surface area (Å²) >= 11 is 0. The zero-order valence-electron chi connectivity index (χ0n) is 19.0. The first-order valence-electron chi connectivity index (χ1n) is 10.1. The molecule has 2 heterocycles. The van der Waals surface area contributed by atoms with Crippen molar-refractivity contribution >= 4 is 11.9 Å². The van der Waals surface area contributed by atoms with E-state index in [1.165, 1.54) is 0 Å². The number of benzene rings is 2. The number of fused-ring (bicyclic) bond motifs is 1. The predicted molar refractivity (Wildman–Crippen MR) is 122 cm³/mol. The number of nitrogens with two attached hydrogens (primary N) is 1. The van der Waals surface area contributed by atoms with Gasteiger partial charge in [-0.2, -0.15) is 4.98 Å². The van der Waals surface area contributed by atoms with E-state index in [0.717, 1.165) is 0 Å². The van der Waals surface area contributed by atoms with Gasteiger partial charge >= 0.3 is 0 Å². The van der Waals surface area contributed by atoms with Gasteiger partial charge in [0.25, 0.3) is 0 Å². The first-order chi connectivity index (χ1) is 15.9. The lowest BCUT2D eigenvalue weighted by molar-refractivity contribution is -0.115. The van der Waals surface area contributed by atoms with E-state index in [4.69, 9.17) is 29.8 Å². The number of allylic oxidation sites excluding steroid dienone is 1. The van der Waals surface area contributed by atoms with Crippen LogP contribution in [0, 0.1) is 0 Å². The van der Waals surface area contributed by atoms with E-state index in [1.54, 1.807) is 70.4 Å². The highest BCUT2D eigenvalue weighted by atomic mass is 16.5. The molecule has 0 aliphatic carbocycles. The number of anilines is 1. The topological polar surface area (TPSA) is 123 Å². The Morgan fingerprint density at radius 3 is 2.30 bits per heavy atom. The molecule has 0 radical (unpaired) electrons. The van der Waals surface area contributed by atoms with Crippen molar-refractivity contribution in [2.24, 2.45) is 5.73 Å². The molecule has 172 valence electrons. The smallest absolute Gasteiger partial charge is 0.248 e. The molecule has 1 aromatic heterocycles. The number of carbonyl (C=O) groups is 1. The monoisotopic (exact) mass is 451 g/mol. The highest BCUT2D eigenvalue weighted by molar-refractivity contribution is 5.95. The van der Waals surface area contributed by atoms with Crippen molar-refractivity contribution in [1.29, 1.82) is 0 Å². The zero-order chi connectivity index (χ0) is 23.7. The molecule has 1 amide bonds. The largest absolute Gasteiger partial charge is 0.497 e. The first kappa shape index (κ1) is 22.0. The van der Waals surface area contributed by atoms with Crippen molar-refractivity contribution in [2.45, 2.75) is 13.0 Å². The highest BCUT2D eigenvalue weighted by Gasteiger charge is 2.35. The van der Waals surface area contributed by atoms with Crippen molar-refractivity contribution in [3.63, 3.8) is 0 Å². The summed E-state index contributed by atoms with van der Waals surface area (Å²) in [6, 6.07) is 10.1. The second-order valence-corrected chi connectivity index (χ2v) is 7.31. The van der Waals surface area contributed by atoms with Gasteiger partial charge in [0.15, 0.2) is 17.3 Å². The van der Waals surface area contributed by atoms with Crippen molar-refractivity contribution < 1.29 is 23.7 Å². The third kappa shape index (κ3) is 3.79. The van der Waals surface area contributed by atoms with Crippen LogP contribution < -0.4 is 30.0 Å². The number of methoxy groups -OCH3 is 4. The highest BCUT2D eigenvalue weighted by Crippen LogP contribution is 2.41. The number of hydrogen-bond acceptors (Lipinski definition) is 8. The predicted octanol–water partition coefficient (Wildman–Crippen LogP) is 2.75. The molecule has 2 aromatic carbocycles. The molecule has 33 heavy (non-hydrogen) atoms. The van der Waals surface area contributed by atoms with Gasteiger partial charge in [-0.15, -0.1) is 5.10 Å². The molecule has 1 aliphatic heterocycles. The Morgan fingerprint density at radius 1 is 0.970 bits per heavy atom. The average Bonchev–Trinajstić information content (AvgIpc) is 3.25. The van der Waals surface area contributed by atoms with Crippen LogP contribution in [0.2, 0.25) is 0 Å². The number of nitrogens with one attached hydrogen (secondary N) is 1. The van der Waals surface area contributed by atoms with E-state index in [9.17, 15) is 4.79 Å². The van der Waals surface area contributed by atoms with Crippen LogP contribution in [-0.4, -0.2) is 49.1 Å². The summed E-state index contributed by atoms with van der Waals surface area (Å²) in [7, 11) is 6.26. The number of amides is 1. The Hall–Kier alpha value is -4.21. The van der Waals surface area contributed by atoms with Crippen LogP contribution in [0.15, 0.2) is 47.7 Å². The summed E-state index contributed by atoms with van der Waals surface area (Å²) in [5.41, 5.74) is 8.09. The molecule has 1 atom stereocenters. The number of ether oxygens (including phenoxy) is 4. The van der Waals surface area contributed by atoms with Crippen LogP contribution in [0.4, 0.5) is 5.95 Å². The molecule has 1 aliphatic rings. The van der Waals surface area contributed by atoms with Crippen molar-refractivity contribution in [2.75, 3.05) is 33.8 Å². The molecule has 0 bridgehead atoms. The van der Waals surface area contributed by atoms with E-state index in [1.807, 2.05) is 6.07 Å². The summed E-state index contributed by atoms with van der Waals surface area (Å²) in [6.45, 7) is 1.77. The van der Waals surface area contributed by atoms with Gasteiger partial charge in [0.05, 0.1) is 34.0 Å². The second-order valence-electron chi connectivity index (χ2n) is 7.31. The lowest BCUT2D eigenvalue weighted by Gasteiger charge is -2.28. The minimum Gasteiger partial charge on any atom is -0.497 e. The molecule has 0 saturated heterocycles. The van der Waals surface area contributed by atoms with Crippen molar-refractivity contribution in [3.05, 3.63) is 53.2 Å².